The van der Waals surface area contributed by atoms with Crippen LogP contribution in [-0.4, -0.2) is 25.2 Å². The van der Waals surface area contributed by atoms with Gasteiger partial charge in [-0.1, -0.05) is 0 Å². The molecule has 2 aliphatic heterocycles. The van der Waals surface area contributed by atoms with Crippen LogP contribution in [0.1, 0.15) is 0 Å². The van der Waals surface area contributed by atoms with Gasteiger partial charge in [-0.15, -0.1) is 0 Å². The van der Waals surface area contributed by atoms with Crippen LogP contribution >= 0.6 is 0 Å². The van der Waals surface area contributed by atoms with Crippen LogP contribution in [0.5, 0.6) is 0 Å². The zero-order valence-corrected chi connectivity index (χ0v) is 5.56. The minimum absolute atomic E-state index is 0.186. The van der Waals surface area contributed by atoms with E-state index in [2.05, 4.69) is 4.74 Å². The molecule has 1 unspecified atom stereocenters. The van der Waals surface area contributed by atoms with E-state index < -0.39 is 18.5 Å². The maximum absolute atomic E-state index is 10.4. The first-order chi connectivity index (χ1) is 5.36. The predicted octanol–water partition coefficient (Wildman–Crippen LogP) is 0.366. The van der Waals surface area contributed by atoms with Crippen LogP contribution in [0.4, 0.5) is 4.79 Å². The standard InChI is InChI=1S/C6H6O5/c7-6-10-3-4(11-6)5-8-1-2-9-5/h1-2,4-5H,3H2. The first kappa shape index (κ1) is 6.33. The molecule has 0 radical (unpaired) electrons. The molecule has 5 nitrogen and oxygen atoms in total. The van der Waals surface area contributed by atoms with Gasteiger partial charge in [0.25, 0.3) is 6.29 Å². The third kappa shape index (κ3) is 1.09. The summed E-state index contributed by atoms with van der Waals surface area (Å²) < 4.78 is 19.1. The van der Waals surface area contributed by atoms with Crippen molar-refractivity contribution in [3.8, 4) is 0 Å². The Bertz CT molecular complexity index is 191. The minimum Gasteiger partial charge on any atom is -0.455 e. The molecule has 5 heteroatoms. The molecule has 0 aliphatic carbocycles. The highest BCUT2D eigenvalue weighted by Crippen LogP contribution is 2.17. The number of carbonyl (C=O) groups is 1. The molecule has 11 heavy (non-hydrogen) atoms. The lowest BCUT2D eigenvalue weighted by Crippen LogP contribution is -2.28. The van der Waals surface area contributed by atoms with Gasteiger partial charge < -0.3 is 18.9 Å². The summed E-state index contributed by atoms with van der Waals surface area (Å²) in [5.41, 5.74) is 0. The van der Waals surface area contributed by atoms with E-state index in [-0.39, 0.29) is 6.61 Å². The van der Waals surface area contributed by atoms with E-state index in [4.69, 9.17) is 14.2 Å². The summed E-state index contributed by atoms with van der Waals surface area (Å²) in [6, 6.07) is 0. The number of ether oxygens (including phenoxy) is 4. The summed E-state index contributed by atoms with van der Waals surface area (Å²) >= 11 is 0. The number of carbonyl (C=O) groups excluding carboxylic acids is 1. The molecule has 0 N–H and O–H groups in total. The molecule has 0 aromatic rings. The third-order valence-corrected chi connectivity index (χ3v) is 1.40. The molecule has 0 amide bonds. The maximum Gasteiger partial charge on any atom is 0.509 e. The molecule has 60 valence electrons. The topological polar surface area (TPSA) is 54.0 Å². The maximum atomic E-state index is 10.4. The number of cyclic esters (lactones) is 2. The second kappa shape index (κ2) is 2.34. The molecule has 0 bridgehead atoms. The molecule has 1 saturated heterocycles. The highest BCUT2D eigenvalue weighted by molar-refractivity contribution is 5.61. The molecule has 0 aromatic carbocycles. The Morgan fingerprint density at radius 3 is 2.64 bits per heavy atom. The van der Waals surface area contributed by atoms with Gasteiger partial charge in [-0.05, 0) is 0 Å². The molecule has 0 spiro atoms. The van der Waals surface area contributed by atoms with Crippen molar-refractivity contribution in [2.75, 3.05) is 6.61 Å². The average molecular weight is 158 g/mol. The molecule has 2 aliphatic rings. The monoisotopic (exact) mass is 158 g/mol. The van der Waals surface area contributed by atoms with E-state index in [9.17, 15) is 4.79 Å². The summed E-state index contributed by atoms with van der Waals surface area (Å²) in [6.45, 7) is 0.186. The van der Waals surface area contributed by atoms with E-state index in [1.165, 1.54) is 12.5 Å². The van der Waals surface area contributed by atoms with Gasteiger partial charge in [0.1, 0.15) is 19.1 Å². The molecular weight excluding hydrogens is 152 g/mol. The average Bonchev–Trinajstić information content (AvgIpc) is 2.55. The molecule has 0 saturated carbocycles. The van der Waals surface area contributed by atoms with Crippen LogP contribution in [0.25, 0.3) is 0 Å². The van der Waals surface area contributed by atoms with Gasteiger partial charge >= 0.3 is 6.16 Å². The third-order valence-electron chi connectivity index (χ3n) is 1.40. The van der Waals surface area contributed by atoms with Crippen LogP contribution < -0.4 is 0 Å². The summed E-state index contributed by atoms with van der Waals surface area (Å²) in [5, 5.41) is 0. The van der Waals surface area contributed by atoms with Crippen LogP contribution in [0.2, 0.25) is 0 Å². The predicted molar refractivity (Wildman–Crippen MR) is 31.3 cm³/mol. The fourth-order valence-corrected chi connectivity index (χ4v) is 0.902. The number of hydrogen-bond acceptors (Lipinski definition) is 5. The fourth-order valence-electron chi connectivity index (χ4n) is 0.902. The fraction of sp³-hybridized carbons (Fsp3) is 0.500. The Morgan fingerprint density at radius 2 is 2.09 bits per heavy atom. The summed E-state index contributed by atoms with van der Waals surface area (Å²) in [5.74, 6) is 0. The van der Waals surface area contributed by atoms with E-state index in [0.717, 1.165) is 0 Å². The van der Waals surface area contributed by atoms with Crippen LogP contribution in [-0.2, 0) is 18.9 Å². The van der Waals surface area contributed by atoms with Crippen LogP contribution in [0.15, 0.2) is 12.5 Å². The Balaban J connectivity index is 1.91. The van der Waals surface area contributed by atoms with Crippen molar-refractivity contribution < 1.29 is 23.7 Å². The zero-order chi connectivity index (χ0) is 7.68. The van der Waals surface area contributed by atoms with Crippen molar-refractivity contribution >= 4 is 6.16 Å². The van der Waals surface area contributed by atoms with Crippen molar-refractivity contribution in [1.82, 2.24) is 0 Å². The summed E-state index contributed by atoms with van der Waals surface area (Å²) in [4.78, 5) is 10.4. The normalized spacial score (nSPS) is 29.1. The van der Waals surface area contributed by atoms with Gasteiger partial charge in [0.15, 0.2) is 0 Å². The smallest absolute Gasteiger partial charge is 0.455 e. The second-order valence-corrected chi connectivity index (χ2v) is 2.13. The minimum atomic E-state index is -0.672. The van der Waals surface area contributed by atoms with Crippen LogP contribution in [0, 0.1) is 0 Å². The van der Waals surface area contributed by atoms with Gasteiger partial charge in [0.05, 0.1) is 0 Å². The lowest BCUT2D eigenvalue weighted by Gasteiger charge is -2.13. The number of rotatable bonds is 1. The molecule has 2 rings (SSSR count). The summed E-state index contributed by atoms with van der Waals surface area (Å²) in [7, 11) is 0. The number of hydrogen-bond donors (Lipinski definition) is 0. The van der Waals surface area contributed by atoms with E-state index in [1.54, 1.807) is 0 Å². The Hall–Kier alpha value is -1.39. The van der Waals surface area contributed by atoms with Crippen molar-refractivity contribution in [2.24, 2.45) is 0 Å². The van der Waals surface area contributed by atoms with Gasteiger partial charge in [-0.25, -0.2) is 4.79 Å². The Morgan fingerprint density at radius 1 is 1.36 bits per heavy atom. The van der Waals surface area contributed by atoms with Crippen LogP contribution in [0.3, 0.4) is 0 Å². The lowest BCUT2D eigenvalue weighted by atomic mass is 10.4. The van der Waals surface area contributed by atoms with E-state index in [1.807, 2.05) is 0 Å². The first-order valence-corrected chi connectivity index (χ1v) is 3.15. The first-order valence-electron chi connectivity index (χ1n) is 3.15. The van der Waals surface area contributed by atoms with E-state index in [0.29, 0.717) is 0 Å². The van der Waals surface area contributed by atoms with Crippen molar-refractivity contribution in [3.05, 3.63) is 12.5 Å². The zero-order valence-electron chi connectivity index (χ0n) is 5.56. The molecular formula is C6H6O5. The molecule has 0 aromatic heterocycles. The van der Waals surface area contributed by atoms with Crippen molar-refractivity contribution in [2.45, 2.75) is 12.4 Å². The van der Waals surface area contributed by atoms with Gasteiger partial charge in [0.2, 0.25) is 6.10 Å². The van der Waals surface area contributed by atoms with Gasteiger partial charge in [-0.3, -0.25) is 0 Å². The highest BCUT2D eigenvalue weighted by Gasteiger charge is 2.36. The van der Waals surface area contributed by atoms with Gasteiger partial charge in [0, 0.05) is 0 Å². The SMILES string of the molecule is O=C1OCC(C2OC=CO2)O1. The second-order valence-electron chi connectivity index (χ2n) is 2.13. The van der Waals surface area contributed by atoms with Crippen molar-refractivity contribution in [1.29, 1.82) is 0 Å². The summed E-state index contributed by atoms with van der Waals surface area (Å²) in [6.07, 6.45) is 1.14. The lowest BCUT2D eigenvalue weighted by molar-refractivity contribution is -0.0948. The molecule has 1 atom stereocenters. The highest BCUT2D eigenvalue weighted by atomic mass is 16.8. The largest absolute Gasteiger partial charge is 0.509 e. The van der Waals surface area contributed by atoms with Crippen molar-refractivity contribution in [3.63, 3.8) is 0 Å². The molecule has 1 fully saturated rings. The Labute approximate surface area is 62.5 Å². The van der Waals surface area contributed by atoms with E-state index >= 15 is 0 Å². The van der Waals surface area contributed by atoms with Gasteiger partial charge in [-0.2, -0.15) is 0 Å². The quantitative estimate of drug-likeness (QED) is 0.516. The Kier molecular flexibility index (Phi) is 1.34. The molecule has 2 heterocycles.